The van der Waals surface area contributed by atoms with Crippen LogP contribution in [-0.2, 0) is 4.79 Å². The van der Waals surface area contributed by atoms with E-state index >= 15 is 0 Å². The quantitative estimate of drug-likeness (QED) is 0.653. The molecule has 0 heterocycles. The highest BCUT2D eigenvalue weighted by molar-refractivity contribution is 5.81. The molecule has 82 valence electrons. The van der Waals surface area contributed by atoms with Crippen LogP contribution in [0, 0.1) is 17.8 Å². The number of Topliss-reactive ketones (excluding diaryl/α,β-unsaturated/α-hetero) is 1. The van der Waals surface area contributed by atoms with Crippen molar-refractivity contribution in [2.24, 2.45) is 17.8 Å². The fourth-order valence-electron chi connectivity index (χ4n) is 2.39. The van der Waals surface area contributed by atoms with Gasteiger partial charge in [0.25, 0.3) is 0 Å². The molecule has 0 bridgehead atoms. The van der Waals surface area contributed by atoms with E-state index < -0.39 is 0 Å². The van der Waals surface area contributed by atoms with Crippen LogP contribution in [0.4, 0.5) is 0 Å². The molecular weight excluding hydrogens is 172 g/mol. The van der Waals surface area contributed by atoms with Gasteiger partial charge in [0.1, 0.15) is 5.78 Å². The van der Waals surface area contributed by atoms with E-state index in [1.165, 1.54) is 12.8 Å². The van der Waals surface area contributed by atoms with Crippen molar-refractivity contribution in [3.63, 3.8) is 0 Å². The highest BCUT2D eigenvalue weighted by Crippen LogP contribution is 2.31. The molecule has 0 aliphatic heterocycles. The Morgan fingerprint density at radius 2 is 2.07 bits per heavy atom. The van der Waals surface area contributed by atoms with Gasteiger partial charge in [0.05, 0.1) is 0 Å². The maximum atomic E-state index is 11.8. The van der Waals surface area contributed by atoms with E-state index in [4.69, 9.17) is 0 Å². The predicted octanol–water partition coefficient (Wildman–Crippen LogP) is 3.82. The van der Waals surface area contributed by atoms with E-state index in [1.807, 2.05) is 0 Å². The molecule has 0 N–H and O–H groups in total. The summed E-state index contributed by atoms with van der Waals surface area (Å²) in [6.45, 7) is 6.71. The molecule has 0 aromatic rings. The Kier molecular flexibility index (Phi) is 4.64. The maximum absolute atomic E-state index is 11.8. The van der Waals surface area contributed by atoms with E-state index in [9.17, 15) is 4.79 Å². The fourth-order valence-corrected chi connectivity index (χ4v) is 2.39. The van der Waals surface area contributed by atoms with Crippen LogP contribution in [-0.4, -0.2) is 5.78 Å². The van der Waals surface area contributed by atoms with Crippen molar-refractivity contribution < 1.29 is 4.79 Å². The summed E-state index contributed by atoms with van der Waals surface area (Å²) in [5, 5.41) is 0. The van der Waals surface area contributed by atoms with Crippen molar-refractivity contribution in [1.82, 2.24) is 0 Å². The molecule has 1 rings (SSSR count). The Balaban J connectivity index is 2.15. The van der Waals surface area contributed by atoms with Crippen LogP contribution >= 0.6 is 0 Å². The lowest BCUT2D eigenvalue weighted by molar-refractivity contribution is -0.122. The fraction of sp³-hybridized carbons (Fsp3) is 0.923. The summed E-state index contributed by atoms with van der Waals surface area (Å²) in [4.78, 5) is 11.8. The minimum absolute atomic E-state index is 0.414. The molecule has 1 saturated carbocycles. The van der Waals surface area contributed by atoms with Crippen molar-refractivity contribution in [2.75, 3.05) is 0 Å². The molecule has 0 spiro atoms. The van der Waals surface area contributed by atoms with E-state index in [-0.39, 0.29) is 0 Å². The van der Waals surface area contributed by atoms with Crippen LogP contribution < -0.4 is 0 Å². The maximum Gasteiger partial charge on any atom is 0.135 e. The molecule has 1 aliphatic carbocycles. The van der Waals surface area contributed by atoms with Crippen LogP contribution in [0.2, 0.25) is 0 Å². The summed E-state index contributed by atoms with van der Waals surface area (Å²) >= 11 is 0. The van der Waals surface area contributed by atoms with Crippen LogP contribution in [0.25, 0.3) is 0 Å². The minimum Gasteiger partial charge on any atom is -0.299 e. The first kappa shape index (κ1) is 11.7. The van der Waals surface area contributed by atoms with E-state index in [2.05, 4.69) is 20.8 Å². The molecule has 2 atom stereocenters. The zero-order chi connectivity index (χ0) is 10.6. The van der Waals surface area contributed by atoms with Crippen LogP contribution in [0.1, 0.15) is 59.3 Å². The van der Waals surface area contributed by atoms with Crippen molar-refractivity contribution in [3.05, 3.63) is 0 Å². The van der Waals surface area contributed by atoms with Crippen molar-refractivity contribution >= 4 is 5.78 Å². The van der Waals surface area contributed by atoms with Crippen molar-refractivity contribution in [1.29, 1.82) is 0 Å². The Morgan fingerprint density at radius 3 is 2.57 bits per heavy atom. The van der Waals surface area contributed by atoms with Crippen LogP contribution in [0.15, 0.2) is 0 Å². The smallest absolute Gasteiger partial charge is 0.135 e. The molecule has 14 heavy (non-hydrogen) atoms. The average molecular weight is 196 g/mol. The number of hydrogen-bond acceptors (Lipinski definition) is 1. The Labute approximate surface area is 88.3 Å². The van der Waals surface area contributed by atoms with Crippen LogP contribution in [0.5, 0.6) is 0 Å². The van der Waals surface area contributed by atoms with Crippen LogP contribution in [0.3, 0.4) is 0 Å². The molecular formula is C13H24O. The van der Waals surface area contributed by atoms with E-state index in [0.29, 0.717) is 11.7 Å². The molecule has 1 aliphatic rings. The number of ketones is 1. The van der Waals surface area contributed by atoms with Gasteiger partial charge in [-0.15, -0.1) is 0 Å². The van der Waals surface area contributed by atoms with Gasteiger partial charge >= 0.3 is 0 Å². The normalized spacial score (nSPS) is 27.1. The predicted molar refractivity (Wildman–Crippen MR) is 60.2 cm³/mol. The first-order valence-corrected chi connectivity index (χ1v) is 6.12. The number of carbonyl (C=O) groups excluding carboxylic acids is 1. The van der Waals surface area contributed by atoms with Gasteiger partial charge in [-0.1, -0.05) is 27.2 Å². The van der Waals surface area contributed by atoms with Gasteiger partial charge in [0.2, 0.25) is 0 Å². The second kappa shape index (κ2) is 5.53. The topological polar surface area (TPSA) is 17.1 Å². The monoisotopic (exact) mass is 196 g/mol. The largest absolute Gasteiger partial charge is 0.299 e. The third-order valence-electron chi connectivity index (χ3n) is 3.35. The summed E-state index contributed by atoms with van der Waals surface area (Å²) in [7, 11) is 0. The molecule has 0 aromatic heterocycles. The lowest BCUT2D eigenvalue weighted by Crippen LogP contribution is -2.11. The zero-order valence-corrected chi connectivity index (χ0v) is 9.88. The highest BCUT2D eigenvalue weighted by Gasteiger charge is 2.26. The minimum atomic E-state index is 0.414. The first-order chi connectivity index (χ1) is 6.59. The second-order valence-corrected chi connectivity index (χ2v) is 5.37. The summed E-state index contributed by atoms with van der Waals surface area (Å²) in [5.41, 5.74) is 0. The van der Waals surface area contributed by atoms with Gasteiger partial charge in [-0.3, -0.25) is 4.79 Å². The summed E-state index contributed by atoms with van der Waals surface area (Å²) in [6, 6.07) is 0. The average Bonchev–Trinajstić information content (AvgIpc) is 2.51. The van der Waals surface area contributed by atoms with E-state index in [1.54, 1.807) is 0 Å². The summed E-state index contributed by atoms with van der Waals surface area (Å²) < 4.78 is 0. The molecule has 1 fully saturated rings. The van der Waals surface area contributed by atoms with Gasteiger partial charge in [0.15, 0.2) is 0 Å². The van der Waals surface area contributed by atoms with Gasteiger partial charge in [0, 0.05) is 12.3 Å². The Hall–Kier alpha value is -0.330. The standard InChI is InChI=1S/C13H24O/c1-10(2)5-4-6-13(14)12-8-7-11(3)9-12/h10-12H,4-9H2,1-3H3. The summed E-state index contributed by atoms with van der Waals surface area (Å²) in [5.74, 6) is 2.48. The highest BCUT2D eigenvalue weighted by atomic mass is 16.1. The third-order valence-corrected chi connectivity index (χ3v) is 3.35. The lowest BCUT2D eigenvalue weighted by atomic mass is 9.95. The molecule has 0 amide bonds. The van der Waals surface area contributed by atoms with Gasteiger partial charge in [-0.2, -0.15) is 0 Å². The molecule has 1 heteroatoms. The number of hydrogen-bond donors (Lipinski definition) is 0. The summed E-state index contributed by atoms with van der Waals surface area (Å²) in [6.07, 6.45) is 6.70. The SMILES string of the molecule is CC(C)CCCC(=O)C1CCC(C)C1. The molecule has 1 nitrogen and oxygen atoms in total. The van der Waals surface area contributed by atoms with Gasteiger partial charge < -0.3 is 0 Å². The molecule has 2 unspecified atom stereocenters. The Morgan fingerprint density at radius 1 is 1.36 bits per heavy atom. The Bertz CT molecular complexity index is 184. The zero-order valence-electron chi connectivity index (χ0n) is 9.88. The van der Waals surface area contributed by atoms with Crippen molar-refractivity contribution in [3.8, 4) is 0 Å². The van der Waals surface area contributed by atoms with Gasteiger partial charge in [-0.25, -0.2) is 0 Å². The second-order valence-electron chi connectivity index (χ2n) is 5.37. The first-order valence-electron chi connectivity index (χ1n) is 6.12. The third kappa shape index (κ3) is 3.81. The molecule has 0 radical (unpaired) electrons. The number of rotatable bonds is 5. The number of carbonyl (C=O) groups is 1. The lowest BCUT2D eigenvalue weighted by Gasteiger charge is -2.09. The molecule has 0 aromatic carbocycles. The van der Waals surface area contributed by atoms with E-state index in [0.717, 1.165) is 37.5 Å². The van der Waals surface area contributed by atoms with Crippen molar-refractivity contribution in [2.45, 2.75) is 59.3 Å². The molecule has 0 saturated heterocycles. The van der Waals surface area contributed by atoms with Gasteiger partial charge in [-0.05, 0) is 37.5 Å².